The van der Waals surface area contributed by atoms with Crippen molar-refractivity contribution in [1.29, 1.82) is 0 Å². The molecular formula is C24H38N4O6. The Kier molecular flexibility index (Phi) is 10.2. The SMILES string of the molecule is CN1CCCN(CC2OCCC(=O)C2=O)CCN(C)CCCN(Cc2occc(=O)c2O)CC1. The third-order valence-corrected chi connectivity index (χ3v) is 6.56. The summed E-state index contributed by atoms with van der Waals surface area (Å²) in [6, 6.07) is 1.22. The first-order chi connectivity index (χ1) is 16.3. The standard InChI is InChI=1S/C24H38N4O6/c1-25-7-3-9-28(18-22-24(32)20(30)6-16-34-22)14-12-26(2)8-4-10-27(13-11-25)17-21-23(31)19(29)5-15-33-21/h5,15,22,31H,3-4,6-14,16-18H2,1-2H3. The maximum absolute atomic E-state index is 12.2. The molecular weight excluding hydrogens is 440 g/mol. The van der Waals surface area contributed by atoms with Crippen molar-refractivity contribution in [2.24, 2.45) is 0 Å². The molecule has 3 heterocycles. The molecule has 0 saturated carbocycles. The molecule has 0 radical (unpaired) electrons. The van der Waals surface area contributed by atoms with Crippen molar-refractivity contribution in [3.8, 4) is 5.75 Å². The molecule has 1 N–H and O–H groups in total. The number of aromatic hydroxyl groups is 1. The first-order valence-corrected chi connectivity index (χ1v) is 12.1. The van der Waals surface area contributed by atoms with Crippen molar-refractivity contribution in [3.05, 3.63) is 28.3 Å². The van der Waals surface area contributed by atoms with Crippen LogP contribution in [0.3, 0.4) is 0 Å². The van der Waals surface area contributed by atoms with Gasteiger partial charge in [0.25, 0.3) is 0 Å². The van der Waals surface area contributed by atoms with E-state index >= 15 is 0 Å². The van der Waals surface area contributed by atoms with E-state index in [1.807, 2.05) is 0 Å². The van der Waals surface area contributed by atoms with Gasteiger partial charge in [-0.2, -0.15) is 0 Å². The lowest BCUT2D eigenvalue weighted by Crippen LogP contribution is -2.47. The molecule has 2 aliphatic heterocycles. The summed E-state index contributed by atoms with van der Waals surface area (Å²) in [5.74, 6) is -0.716. The molecule has 0 spiro atoms. The van der Waals surface area contributed by atoms with Crippen LogP contribution in [-0.4, -0.2) is 122 Å². The third kappa shape index (κ3) is 7.99. The van der Waals surface area contributed by atoms with E-state index in [1.54, 1.807) is 0 Å². The first-order valence-electron chi connectivity index (χ1n) is 12.1. The molecule has 1 aromatic heterocycles. The summed E-state index contributed by atoms with van der Waals surface area (Å²) in [4.78, 5) is 44.7. The molecule has 0 aromatic carbocycles. The van der Waals surface area contributed by atoms with Crippen LogP contribution in [0.15, 0.2) is 21.5 Å². The van der Waals surface area contributed by atoms with Gasteiger partial charge >= 0.3 is 0 Å². The average molecular weight is 479 g/mol. The Hall–Kier alpha value is -2.11. The fourth-order valence-electron chi connectivity index (χ4n) is 4.35. The Bertz CT molecular complexity index is 875. The van der Waals surface area contributed by atoms with Gasteiger partial charge in [-0.25, -0.2) is 0 Å². The summed E-state index contributed by atoms with van der Waals surface area (Å²) in [6.45, 7) is 7.87. The molecule has 10 heteroatoms. The van der Waals surface area contributed by atoms with Gasteiger partial charge in [-0.15, -0.1) is 0 Å². The third-order valence-electron chi connectivity index (χ3n) is 6.56. The summed E-state index contributed by atoms with van der Waals surface area (Å²) in [6.07, 6.45) is 2.73. The van der Waals surface area contributed by atoms with Crippen LogP contribution in [0, 0.1) is 0 Å². The first kappa shape index (κ1) is 26.5. The van der Waals surface area contributed by atoms with Gasteiger partial charge < -0.3 is 24.1 Å². The monoisotopic (exact) mass is 478 g/mol. The van der Waals surface area contributed by atoms with Gasteiger partial charge in [-0.3, -0.25) is 24.2 Å². The van der Waals surface area contributed by atoms with E-state index in [0.29, 0.717) is 25.5 Å². The number of hydrogen-bond acceptors (Lipinski definition) is 10. The number of carbonyl (C=O) groups excluding carboxylic acids is 2. The van der Waals surface area contributed by atoms with E-state index in [9.17, 15) is 19.5 Å². The van der Waals surface area contributed by atoms with Crippen LogP contribution in [0.5, 0.6) is 5.75 Å². The summed E-state index contributed by atoms with van der Waals surface area (Å²) < 4.78 is 11.0. The smallest absolute Gasteiger partial charge is 0.228 e. The largest absolute Gasteiger partial charge is 0.502 e. The molecule has 2 aliphatic rings. The number of likely N-dealkylation sites (N-methyl/N-ethyl adjacent to an activating group) is 2. The highest BCUT2D eigenvalue weighted by Gasteiger charge is 2.31. The molecule has 2 saturated heterocycles. The van der Waals surface area contributed by atoms with Gasteiger partial charge in [0.2, 0.25) is 22.7 Å². The summed E-state index contributed by atoms with van der Waals surface area (Å²) >= 11 is 0. The average Bonchev–Trinajstić information content (AvgIpc) is 2.81. The summed E-state index contributed by atoms with van der Waals surface area (Å²) in [5.41, 5.74) is -0.422. The van der Waals surface area contributed by atoms with Gasteiger partial charge in [-0.1, -0.05) is 0 Å². The van der Waals surface area contributed by atoms with Crippen LogP contribution in [0.25, 0.3) is 0 Å². The molecule has 2 fully saturated rings. The Morgan fingerprint density at radius 3 is 2.26 bits per heavy atom. The second kappa shape index (κ2) is 13.1. The van der Waals surface area contributed by atoms with E-state index in [-0.39, 0.29) is 18.0 Å². The zero-order chi connectivity index (χ0) is 24.5. The van der Waals surface area contributed by atoms with Gasteiger partial charge in [0.1, 0.15) is 6.10 Å². The van der Waals surface area contributed by atoms with Crippen molar-refractivity contribution in [2.75, 3.05) is 79.6 Å². The van der Waals surface area contributed by atoms with Crippen LogP contribution >= 0.6 is 0 Å². The summed E-state index contributed by atoms with van der Waals surface area (Å²) in [5, 5.41) is 10.1. The van der Waals surface area contributed by atoms with E-state index in [1.165, 1.54) is 12.3 Å². The predicted octanol–water partition coefficient (Wildman–Crippen LogP) is 0.0339. The number of ketones is 2. The van der Waals surface area contributed by atoms with Gasteiger partial charge in [0.15, 0.2) is 5.76 Å². The number of Topliss-reactive ketones (excluding diaryl/α,β-unsaturated/α-hetero) is 2. The predicted molar refractivity (Wildman–Crippen MR) is 127 cm³/mol. The lowest BCUT2D eigenvalue weighted by Gasteiger charge is -2.31. The Morgan fingerprint density at radius 1 is 0.912 bits per heavy atom. The summed E-state index contributed by atoms with van der Waals surface area (Å²) in [7, 11) is 4.16. The van der Waals surface area contributed by atoms with Crippen molar-refractivity contribution < 1.29 is 23.8 Å². The van der Waals surface area contributed by atoms with E-state index in [2.05, 4.69) is 33.7 Å². The molecule has 1 atom stereocenters. The Balaban J connectivity index is 1.58. The molecule has 0 aliphatic carbocycles. The van der Waals surface area contributed by atoms with E-state index in [0.717, 1.165) is 65.2 Å². The second-order valence-electron chi connectivity index (χ2n) is 9.34. The van der Waals surface area contributed by atoms with Crippen molar-refractivity contribution in [1.82, 2.24) is 19.6 Å². The van der Waals surface area contributed by atoms with Crippen LogP contribution in [-0.2, 0) is 20.9 Å². The van der Waals surface area contributed by atoms with Crippen molar-refractivity contribution in [3.63, 3.8) is 0 Å². The van der Waals surface area contributed by atoms with E-state index in [4.69, 9.17) is 9.15 Å². The highest BCUT2D eigenvalue weighted by molar-refractivity contribution is 6.39. The number of nitrogens with zero attached hydrogens (tertiary/aromatic N) is 4. The van der Waals surface area contributed by atoms with Crippen LogP contribution in [0.2, 0.25) is 0 Å². The quantitative estimate of drug-likeness (QED) is 0.596. The molecule has 190 valence electrons. The number of carbonyl (C=O) groups is 2. The second-order valence-corrected chi connectivity index (χ2v) is 9.34. The van der Waals surface area contributed by atoms with E-state index < -0.39 is 17.3 Å². The Morgan fingerprint density at radius 2 is 1.56 bits per heavy atom. The number of hydrogen-bond donors (Lipinski definition) is 1. The molecule has 1 aromatic rings. The molecule has 0 amide bonds. The fourth-order valence-corrected chi connectivity index (χ4v) is 4.35. The molecule has 34 heavy (non-hydrogen) atoms. The van der Waals surface area contributed by atoms with Gasteiger partial charge in [-0.05, 0) is 53.1 Å². The van der Waals surface area contributed by atoms with Crippen molar-refractivity contribution in [2.45, 2.75) is 31.9 Å². The molecule has 1 unspecified atom stereocenters. The van der Waals surface area contributed by atoms with Crippen molar-refractivity contribution >= 4 is 11.6 Å². The normalized spacial score (nSPS) is 24.2. The highest BCUT2D eigenvalue weighted by atomic mass is 16.5. The molecule has 10 nitrogen and oxygen atoms in total. The maximum atomic E-state index is 12.2. The highest BCUT2D eigenvalue weighted by Crippen LogP contribution is 2.14. The fraction of sp³-hybridized carbons (Fsp3) is 0.708. The lowest BCUT2D eigenvalue weighted by molar-refractivity contribution is -0.150. The minimum absolute atomic E-state index is 0.190. The van der Waals surface area contributed by atoms with Crippen LogP contribution < -0.4 is 5.43 Å². The topological polar surface area (TPSA) is 107 Å². The van der Waals surface area contributed by atoms with Crippen LogP contribution in [0.1, 0.15) is 25.0 Å². The minimum Gasteiger partial charge on any atom is -0.502 e. The zero-order valence-corrected chi connectivity index (χ0v) is 20.4. The number of ether oxygens (including phenoxy) is 1. The Labute approximate surface area is 201 Å². The zero-order valence-electron chi connectivity index (χ0n) is 20.4. The molecule has 3 rings (SSSR count). The van der Waals surface area contributed by atoms with Gasteiger partial charge in [0.05, 0.1) is 19.4 Å². The minimum atomic E-state index is -0.647. The lowest BCUT2D eigenvalue weighted by atomic mass is 10.1. The van der Waals surface area contributed by atoms with Crippen LogP contribution in [0.4, 0.5) is 0 Å². The molecule has 0 bridgehead atoms. The van der Waals surface area contributed by atoms with Gasteiger partial charge in [0, 0.05) is 45.2 Å². The maximum Gasteiger partial charge on any atom is 0.228 e. The number of rotatable bonds is 4.